The Balaban J connectivity index is 1.88. The number of benzene rings is 1. The molecule has 0 saturated heterocycles. The highest BCUT2D eigenvalue weighted by Gasteiger charge is 2.13. The normalized spacial score (nSPS) is 12.2. The Morgan fingerprint density at radius 1 is 1.23 bits per heavy atom. The Hall–Kier alpha value is -1.90. The minimum atomic E-state index is -3.48. The Kier molecular flexibility index (Phi) is 3.67. The van der Waals surface area contributed by atoms with Crippen LogP contribution < -0.4 is 4.72 Å². The summed E-state index contributed by atoms with van der Waals surface area (Å²) < 4.78 is 29.2. The fraction of sp³-hybridized carbons (Fsp3) is 0.214. The second-order valence-corrected chi connectivity index (χ2v) is 7.84. The number of aryl methyl sites for hydroxylation is 1. The zero-order valence-corrected chi connectivity index (χ0v) is 14.1. The van der Waals surface area contributed by atoms with E-state index in [4.69, 9.17) is 0 Å². The van der Waals surface area contributed by atoms with Crippen LogP contribution in [0.25, 0.3) is 16.2 Å². The van der Waals surface area contributed by atoms with E-state index in [1.807, 2.05) is 29.7 Å². The highest BCUT2D eigenvalue weighted by Crippen LogP contribution is 2.24. The third kappa shape index (κ3) is 2.72. The Morgan fingerprint density at radius 2 is 1.91 bits per heavy atom. The second kappa shape index (κ2) is 5.38. The van der Waals surface area contributed by atoms with E-state index in [1.54, 1.807) is 23.5 Å². The molecule has 0 aliphatic carbocycles. The number of hydrogen-bond donors (Lipinski definition) is 1. The highest BCUT2D eigenvalue weighted by molar-refractivity contribution is 7.90. The van der Waals surface area contributed by atoms with Gasteiger partial charge in [-0.25, -0.2) is 4.98 Å². The summed E-state index contributed by atoms with van der Waals surface area (Å²) in [4.78, 5) is 5.52. The molecule has 8 heteroatoms. The first-order valence-electron chi connectivity index (χ1n) is 6.61. The van der Waals surface area contributed by atoms with Crippen molar-refractivity contribution in [2.75, 3.05) is 18.8 Å². The molecule has 2 heterocycles. The lowest BCUT2D eigenvalue weighted by Crippen LogP contribution is -2.28. The van der Waals surface area contributed by atoms with Gasteiger partial charge in [-0.15, -0.1) is 11.3 Å². The van der Waals surface area contributed by atoms with Crippen LogP contribution in [0.2, 0.25) is 0 Å². The van der Waals surface area contributed by atoms with Crippen LogP contribution in [0.4, 0.5) is 5.69 Å². The van der Waals surface area contributed by atoms with Crippen molar-refractivity contribution in [3.8, 4) is 11.3 Å². The van der Waals surface area contributed by atoms with Gasteiger partial charge in [0, 0.05) is 42.6 Å². The maximum absolute atomic E-state index is 11.8. The summed E-state index contributed by atoms with van der Waals surface area (Å²) in [6.45, 7) is 2.04. The molecule has 0 bridgehead atoms. The summed E-state index contributed by atoms with van der Waals surface area (Å²) in [6, 6.07) is 7.18. The molecule has 3 aromatic rings. The number of nitrogens with one attached hydrogen (secondary N) is 1. The molecule has 0 fully saturated rings. The molecular weight excluding hydrogens is 320 g/mol. The van der Waals surface area contributed by atoms with Gasteiger partial charge in [0.15, 0.2) is 4.96 Å². The molecule has 0 aliphatic heterocycles. The van der Waals surface area contributed by atoms with Gasteiger partial charge in [-0.05, 0) is 19.1 Å². The van der Waals surface area contributed by atoms with Gasteiger partial charge in [0.25, 0.3) is 0 Å². The van der Waals surface area contributed by atoms with Gasteiger partial charge in [0.05, 0.1) is 5.69 Å². The number of aromatic nitrogens is 2. The molecule has 2 aromatic heterocycles. The maximum atomic E-state index is 11.8. The van der Waals surface area contributed by atoms with Crippen molar-refractivity contribution in [2.24, 2.45) is 0 Å². The highest BCUT2D eigenvalue weighted by atomic mass is 32.2. The van der Waals surface area contributed by atoms with Gasteiger partial charge in [-0.1, -0.05) is 12.1 Å². The number of nitrogens with zero attached hydrogens (tertiary/aromatic N) is 3. The third-order valence-electron chi connectivity index (χ3n) is 3.30. The molecule has 0 spiro atoms. The van der Waals surface area contributed by atoms with E-state index < -0.39 is 10.2 Å². The smallest absolute Gasteiger partial charge is 0.294 e. The summed E-state index contributed by atoms with van der Waals surface area (Å²) in [7, 11) is -0.515. The van der Waals surface area contributed by atoms with Crippen molar-refractivity contribution < 1.29 is 8.42 Å². The molecule has 3 rings (SSSR count). The average molecular weight is 336 g/mol. The van der Waals surface area contributed by atoms with Gasteiger partial charge in [0.1, 0.15) is 0 Å². The van der Waals surface area contributed by atoms with Crippen molar-refractivity contribution >= 4 is 32.2 Å². The van der Waals surface area contributed by atoms with Gasteiger partial charge in [-0.3, -0.25) is 9.12 Å². The molecular formula is C14H16N4O2S2. The zero-order chi connectivity index (χ0) is 15.9. The molecule has 0 unspecified atom stereocenters. The van der Waals surface area contributed by atoms with Crippen LogP contribution in [0, 0.1) is 6.92 Å². The number of rotatable bonds is 4. The number of hydrogen-bond acceptors (Lipinski definition) is 4. The van der Waals surface area contributed by atoms with Crippen molar-refractivity contribution in [3.05, 3.63) is 41.5 Å². The predicted molar refractivity (Wildman–Crippen MR) is 89.5 cm³/mol. The van der Waals surface area contributed by atoms with Gasteiger partial charge in [0.2, 0.25) is 0 Å². The standard InChI is InChI=1S/C14H16N4O2S2/c1-10-9-21-14-15-13(8-18(10)14)11-4-6-12(7-5-11)16-22(19,20)17(2)3/h4-9,16H,1-3H3. The number of fused-ring (bicyclic) bond motifs is 1. The lowest BCUT2D eigenvalue weighted by atomic mass is 10.1. The second-order valence-electron chi connectivity index (χ2n) is 5.12. The molecule has 0 saturated carbocycles. The van der Waals surface area contributed by atoms with Crippen LogP contribution in [0.5, 0.6) is 0 Å². The monoisotopic (exact) mass is 336 g/mol. The maximum Gasteiger partial charge on any atom is 0.301 e. The van der Waals surface area contributed by atoms with E-state index in [0.29, 0.717) is 5.69 Å². The van der Waals surface area contributed by atoms with E-state index in [0.717, 1.165) is 26.2 Å². The quantitative estimate of drug-likeness (QED) is 0.796. The molecule has 1 N–H and O–H groups in total. The largest absolute Gasteiger partial charge is 0.301 e. The summed E-state index contributed by atoms with van der Waals surface area (Å²) in [6.07, 6.45) is 1.99. The average Bonchev–Trinajstić information content (AvgIpc) is 3.02. The lowest BCUT2D eigenvalue weighted by Gasteiger charge is -2.13. The van der Waals surface area contributed by atoms with Crippen molar-refractivity contribution in [3.63, 3.8) is 0 Å². The first kappa shape index (κ1) is 15.0. The molecule has 0 amide bonds. The molecule has 1 aromatic carbocycles. The molecule has 6 nitrogen and oxygen atoms in total. The third-order valence-corrected chi connectivity index (χ3v) is 5.71. The van der Waals surface area contributed by atoms with Gasteiger partial charge >= 0.3 is 10.2 Å². The van der Waals surface area contributed by atoms with Gasteiger partial charge < -0.3 is 0 Å². The van der Waals surface area contributed by atoms with Crippen molar-refractivity contribution in [2.45, 2.75) is 6.92 Å². The first-order chi connectivity index (χ1) is 10.4. The van der Waals surface area contributed by atoms with E-state index in [-0.39, 0.29) is 0 Å². The predicted octanol–water partition coefficient (Wildman–Crippen LogP) is 2.59. The molecule has 22 heavy (non-hydrogen) atoms. The van der Waals surface area contributed by atoms with E-state index in [9.17, 15) is 8.42 Å². The Morgan fingerprint density at radius 3 is 2.50 bits per heavy atom. The van der Waals surface area contributed by atoms with Crippen molar-refractivity contribution in [1.82, 2.24) is 13.7 Å². The zero-order valence-electron chi connectivity index (χ0n) is 12.4. The summed E-state index contributed by atoms with van der Waals surface area (Å²) in [5, 5.41) is 2.06. The SMILES string of the molecule is Cc1csc2nc(-c3ccc(NS(=O)(=O)N(C)C)cc3)cn12. The topological polar surface area (TPSA) is 66.7 Å². The fourth-order valence-corrected chi connectivity index (χ4v) is 3.45. The Labute approximate surface area is 133 Å². The fourth-order valence-electron chi connectivity index (χ4n) is 1.98. The summed E-state index contributed by atoms with van der Waals surface area (Å²) >= 11 is 1.60. The van der Waals surface area contributed by atoms with Crippen LogP contribution in [-0.4, -0.2) is 36.2 Å². The lowest BCUT2D eigenvalue weighted by molar-refractivity contribution is 0.527. The molecule has 116 valence electrons. The van der Waals surface area contributed by atoms with Gasteiger partial charge in [-0.2, -0.15) is 12.7 Å². The minimum Gasteiger partial charge on any atom is -0.294 e. The van der Waals surface area contributed by atoms with Crippen LogP contribution in [0.3, 0.4) is 0 Å². The summed E-state index contributed by atoms with van der Waals surface area (Å²) in [5.74, 6) is 0. The van der Waals surface area contributed by atoms with Crippen molar-refractivity contribution in [1.29, 1.82) is 0 Å². The number of anilines is 1. The number of imidazole rings is 1. The summed E-state index contributed by atoms with van der Waals surface area (Å²) in [5.41, 5.74) is 3.49. The first-order valence-corrected chi connectivity index (χ1v) is 8.93. The van der Waals surface area contributed by atoms with Crippen LogP contribution >= 0.6 is 11.3 Å². The number of thiazole rings is 1. The van der Waals surface area contributed by atoms with E-state index in [2.05, 4.69) is 15.1 Å². The molecule has 0 radical (unpaired) electrons. The van der Waals surface area contributed by atoms with Crippen LogP contribution in [0.1, 0.15) is 5.69 Å². The molecule has 0 aliphatic rings. The minimum absolute atomic E-state index is 0.523. The van der Waals surface area contributed by atoms with E-state index >= 15 is 0 Å². The van der Waals surface area contributed by atoms with Crippen LogP contribution in [0.15, 0.2) is 35.8 Å². The molecule has 0 atom stereocenters. The van der Waals surface area contributed by atoms with Crippen LogP contribution in [-0.2, 0) is 10.2 Å². The van der Waals surface area contributed by atoms with E-state index in [1.165, 1.54) is 14.1 Å². The Bertz CT molecular complexity index is 908.